The van der Waals surface area contributed by atoms with Gasteiger partial charge in [0, 0.05) is 6.92 Å². The Hall–Kier alpha value is -1.60. The van der Waals surface area contributed by atoms with Gasteiger partial charge in [-0.15, -0.1) is 0 Å². The van der Waals surface area contributed by atoms with Crippen molar-refractivity contribution in [1.82, 2.24) is 5.32 Å². The van der Waals surface area contributed by atoms with Gasteiger partial charge in [0.15, 0.2) is 0 Å². The van der Waals surface area contributed by atoms with Crippen LogP contribution in [0.25, 0.3) is 0 Å². The van der Waals surface area contributed by atoms with Crippen LogP contribution >= 0.6 is 0 Å². The topological polar surface area (TPSA) is 46.2 Å². The molecule has 3 heteroatoms. The monoisotopic (exact) mass is 163 g/mol. The van der Waals surface area contributed by atoms with Crippen molar-refractivity contribution in [3.63, 3.8) is 0 Å². The van der Waals surface area contributed by atoms with E-state index in [4.69, 9.17) is 0 Å². The van der Waals surface area contributed by atoms with Gasteiger partial charge in [-0.3, -0.25) is 4.79 Å². The lowest BCUT2D eigenvalue weighted by molar-refractivity contribution is -0.119. The van der Waals surface area contributed by atoms with E-state index < -0.39 is 0 Å². The molecule has 0 heterocycles. The molecule has 0 bridgehead atoms. The van der Waals surface area contributed by atoms with Crippen LogP contribution < -0.4 is 5.32 Å². The summed E-state index contributed by atoms with van der Waals surface area (Å²) in [4.78, 5) is 21.0. The van der Waals surface area contributed by atoms with E-state index in [2.05, 4.69) is 5.32 Å². The summed E-state index contributed by atoms with van der Waals surface area (Å²) in [6.07, 6.45) is 6.88. The summed E-state index contributed by atoms with van der Waals surface area (Å²) in [5, 5.41) is 2.61. The third kappa shape index (κ3) is 1.94. The van der Waals surface area contributed by atoms with Gasteiger partial charge >= 0.3 is 0 Å². The standard InChI is InChI=1S/C9H9NO2/c1-7(12)10-9-5-3-2-4-8(9)6-11/h2-5,9H,1H3,(H,10,12). The maximum Gasteiger partial charge on any atom is 0.217 e. The predicted molar refractivity (Wildman–Crippen MR) is 45.1 cm³/mol. The molecule has 1 unspecified atom stereocenters. The van der Waals surface area contributed by atoms with Crippen molar-refractivity contribution in [2.24, 2.45) is 0 Å². The van der Waals surface area contributed by atoms with Gasteiger partial charge in [-0.2, -0.15) is 0 Å². The van der Waals surface area contributed by atoms with E-state index >= 15 is 0 Å². The smallest absolute Gasteiger partial charge is 0.217 e. The third-order valence-corrected chi connectivity index (χ3v) is 1.50. The second kappa shape index (κ2) is 3.69. The number of rotatable bonds is 1. The Kier molecular flexibility index (Phi) is 2.62. The first-order valence-electron chi connectivity index (χ1n) is 3.61. The molecule has 1 rings (SSSR count). The maximum atomic E-state index is 10.7. The van der Waals surface area contributed by atoms with E-state index in [-0.39, 0.29) is 11.9 Å². The summed E-state index contributed by atoms with van der Waals surface area (Å²) in [5.74, 6) is 1.61. The molecule has 0 aromatic heterocycles. The number of hydrogen-bond acceptors (Lipinski definition) is 2. The zero-order chi connectivity index (χ0) is 8.97. The van der Waals surface area contributed by atoms with Gasteiger partial charge in [0.2, 0.25) is 5.91 Å². The van der Waals surface area contributed by atoms with Crippen LogP contribution in [0.5, 0.6) is 0 Å². The van der Waals surface area contributed by atoms with E-state index in [9.17, 15) is 9.59 Å². The van der Waals surface area contributed by atoms with Crippen molar-refractivity contribution in [1.29, 1.82) is 0 Å². The molecule has 1 aliphatic carbocycles. The van der Waals surface area contributed by atoms with Gasteiger partial charge in [0.25, 0.3) is 0 Å². The molecule has 0 aromatic carbocycles. The molecule has 0 aliphatic heterocycles. The fourth-order valence-corrected chi connectivity index (χ4v) is 0.984. The number of amides is 1. The van der Waals surface area contributed by atoms with Crippen LogP contribution in [-0.4, -0.2) is 17.9 Å². The van der Waals surface area contributed by atoms with Crippen molar-refractivity contribution in [2.75, 3.05) is 0 Å². The zero-order valence-electron chi connectivity index (χ0n) is 6.70. The average molecular weight is 163 g/mol. The second-order valence-electron chi connectivity index (χ2n) is 2.48. The largest absolute Gasteiger partial charge is 0.345 e. The van der Waals surface area contributed by atoms with Gasteiger partial charge in [0.1, 0.15) is 5.94 Å². The Labute approximate surface area is 70.5 Å². The summed E-state index contributed by atoms with van der Waals surface area (Å²) >= 11 is 0. The molecular weight excluding hydrogens is 154 g/mol. The summed E-state index contributed by atoms with van der Waals surface area (Å²) < 4.78 is 0. The molecule has 0 saturated heterocycles. The van der Waals surface area contributed by atoms with Gasteiger partial charge in [-0.1, -0.05) is 18.2 Å². The minimum Gasteiger partial charge on any atom is -0.345 e. The molecule has 1 amide bonds. The van der Waals surface area contributed by atoms with Crippen molar-refractivity contribution in [2.45, 2.75) is 13.0 Å². The quantitative estimate of drug-likeness (QED) is 0.568. The van der Waals surface area contributed by atoms with Crippen LogP contribution in [0.1, 0.15) is 6.92 Å². The maximum absolute atomic E-state index is 10.7. The molecule has 0 aromatic rings. The first-order chi connectivity index (χ1) is 5.74. The molecule has 1 atom stereocenters. The highest BCUT2D eigenvalue weighted by Gasteiger charge is 2.12. The van der Waals surface area contributed by atoms with Crippen molar-refractivity contribution in [3.05, 3.63) is 29.9 Å². The van der Waals surface area contributed by atoms with Gasteiger partial charge < -0.3 is 5.32 Å². The zero-order valence-corrected chi connectivity index (χ0v) is 6.70. The lowest BCUT2D eigenvalue weighted by atomic mass is 10.0. The molecule has 1 aliphatic rings. The van der Waals surface area contributed by atoms with Crippen LogP contribution in [0, 0.1) is 0 Å². The van der Waals surface area contributed by atoms with E-state index in [0.717, 1.165) is 0 Å². The molecule has 3 nitrogen and oxygen atoms in total. The lowest BCUT2D eigenvalue weighted by Gasteiger charge is -2.13. The summed E-state index contributed by atoms with van der Waals surface area (Å²) in [7, 11) is 0. The van der Waals surface area contributed by atoms with E-state index in [0.29, 0.717) is 5.57 Å². The first-order valence-corrected chi connectivity index (χ1v) is 3.61. The van der Waals surface area contributed by atoms with Gasteiger partial charge in [-0.25, -0.2) is 4.79 Å². The number of carbonyl (C=O) groups is 1. The van der Waals surface area contributed by atoms with Crippen LogP contribution in [0.15, 0.2) is 29.9 Å². The highest BCUT2D eigenvalue weighted by Crippen LogP contribution is 2.07. The normalized spacial score (nSPS) is 20.4. The van der Waals surface area contributed by atoms with Crippen LogP contribution in [0.4, 0.5) is 0 Å². The second-order valence-corrected chi connectivity index (χ2v) is 2.48. The molecule has 62 valence electrons. The highest BCUT2D eigenvalue weighted by atomic mass is 16.1. The Balaban J connectivity index is 2.76. The summed E-state index contributed by atoms with van der Waals surface area (Å²) in [5.41, 5.74) is 0.452. The minimum absolute atomic E-state index is 0.160. The highest BCUT2D eigenvalue weighted by molar-refractivity contribution is 5.76. The average Bonchev–Trinajstić information content (AvgIpc) is 2.04. The van der Waals surface area contributed by atoms with Crippen LogP contribution in [-0.2, 0) is 9.59 Å². The van der Waals surface area contributed by atoms with E-state index in [1.54, 1.807) is 30.2 Å². The number of hydrogen-bond donors (Lipinski definition) is 1. The fourth-order valence-electron chi connectivity index (χ4n) is 0.984. The van der Waals surface area contributed by atoms with E-state index in [1.807, 2.05) is 0 Å². The molecule has 0 fully saturated rings. The molecule has 1 N–H and O–H groups in total. The lowest BCUT2D eigenvalue weighted by Crippen LogP contribution is -2.33. The molecule has 0 spiro atoms. The molecule has 0 radical (unpaired) electrons. The summed E-state index contributed by atoms with van der Waals surface area (Å²) in [6.45, 7) is 1.41. The Bertz CT molecular complexity index is 296. The van der Waals surface area contributed by atoms with Crippen molar-refractivity contribution in [3.8, 4) is 0 Å². The van der Waals surface area contributed by atoms with Gasteiger partial charge in [-0.05, 0) is 6.08 Å². The SMILES string of the molecule is CC(=O)NC1C=CC=CC1=C=O. The predicted octanol–water partition coefficient (Wildman–Crippen LogP) is 0.375. The first kappa shape index (κ1) is 8.50. The van der Waals surface area contributed by atoms with Crippen molar-refractivity contribution >= 4 is 11.8 Å². The molecule has 12 heavy (non-hydrogen) atoms. The summed E-state index contributed by atoms with van der Waals surface area (Å²) in [6, 6.07) is -0.315. The number of allylic oxidation sites excluding steroid dienone is 2. The molecule has 0 saturated carbocycles. The van der Waals surface area contributed by atoms with E-state index in [1.165, 1.54) is 6.92 Å². The van der Waals surface area contributed by atoms with Gasteiger partial charge in [0.05, 0.1) is 11.6 Å². The minimum atomic E-state index is -0.315. The number of carbonyl (C=O) groups excluding carboxylic acids is 2. The Morgan fingerprint density at radius 1 is 1.58 bits per heavy atom. The fraction of sp³-hybridized carbons (Fsp3) is 0.222. The number of nitrogens with one attached hydrogen (secondary N) is 1. The van der Waals surface area contributed by atoms with Crippen molar-refractivity contribution < 1.29 is 9.59 Å². The molecular formula is C9H9NO2. The van der Waals surface area contributed by atoms with Crippen LogP contribution in [0.2, 0.25) is 0 Å². The Morgan fingerprint density at radius 2 is 2.33 bits per heavy atom. The third-order valence-electron chi connectivity index (χ3n) is 1.50. The van der Waals surface area contributed by atoms with Crippen LogP contribution in [0.3, 0.4) is 0 Å². The Morgan fingerprint density at radius 3 is 2.92 bits per heavy atom.